The fraction of sp³-hybridized carbons (Fsp3) is 0.615. The fourth-order valence-corrected chi connectivity index (χ4v) is 1.87. The van der Waals surface area contributed by atoms with Crippen molar-refractivity contribution >= 4 is 0 Å². The maximum Gasteiger partial charge on any atom is 0.128 e. The monoisotopic (exact) mass is 237 g/mol. The molecule has 1 rings (SSSR count). The molecule has 1 N–H and O–H groups in total. The van der Waals surface area contributed by atoms with Crippen molar-refractivity contribution < 1.29 is 4.74 Å². The van der Waals surface area contributed by atoms with Gasteiger partial charge in [0.25, 0.3) is 0 Å². The number of methoxy groups -OCH3 is 1. The molecule has 0 aliphatic heterocycles. The normalized spacial score (nSPS) is 10.9. The van der Waals surface area contributed by atoms with Gasteiger partial charge in [-0.15, -0.1) is 0 Å². The van der Waals surface area contributed by atoms with Crippen LogP contribution in [-0.2, 0) is 6.54 Å². The molecular formula is C13H23N3O. The highest BCUT2D eigenvalue weighted by molar-refractivity contribution is 5.40. The Labute approximate surface area is 104 Å². The molecule has 0 saturated heterocycles. The Morgan fingerprint density at radius 3 is 2.71 bits per heavy atom. The molecule has 96 valence electrons. The van der Waals surface area contributed by atoms with Crippen LogP contribution in [0.25, 0.3) is 0 Å². The van der Waals surface area contributed by atoms with Crippen molar-refractivity contribution in [3.8, 4) is 5.75 Å². The van der Waals surface area contributed by atoms with Crippen molar-refractivity contribution in [2.75, 3.05) is 34.3 Å². The van der Waals surface area contributed by atoms with Crippen LogP contribution in [0.2, 0.25) is 0 Å². The first kappa shape index (κ1) is 13.9. The van der Waals surface area contributed by atoms with Gasteiger partial charge in [-0.3, -0.25) is 9.88 Å². The summed E-state index contributed by atoms with van der Waals surface area (Å²) in [6.07, 6.45) is 1.88. The molecule has 0 aliphatic rings. The summed E-state index contributed by atoms with van der Waals surface area (Å²) in [7, 11) is 5.78. The lowest BCUT2D eigenvalue weighted by atomic mass is 10.1. The third kappa shape index (κ3) is 3.68. The molecule has 0 spiro atoms. The number of nitrogens with zero attached hydrogens (tertiary/aromatic N) is 2. The second-order valence-electron chi connectivity index (χ2n) is 4.39. The number of likely N-dealkylation sites (N-methyl/N-ethyl adjacent to an activating group) is 2. The molecule has 1 aromatic heterocycles. The van der Waals surface area contributed by atoms with Gasteiger partial charge in [-0.05, 0) is 27.9 Å². The molecule has 0 radical (unpaired) electrons. The summed E-state index contributed by atoms with van der Waals surface area (Å²) in [5, 5.41) is 3.14. The van der Waals surface area contributed by atoms with E-state index in [1.807, 2.05) is 20.2 Å². The van der Waals surface area contributed by atoms with Gasteiger partial charge < -0.3 is 10.1 Å². The minimum absolute atomic E-state index is 0.851. The van der Waals surface area contributed by atoms with Gasteiger partial charge >= 0.3 is 0 Å². The Morgan fingerprint density at radius 2 is 2.12 bits per heavy atom. The molecule has 0 amide bonds. The Kier molecular flexibility index (Phi) is 5.38. The molecule has 0 saturated carbocycles. The predicted molar refractivity (Wildman–Crippen MR) is 70.5 cm³/mol. The third-order valence-corrected chi connectivity index (χ3v) is 2.91. The largest absolute Gasteiger partial charge is 0.496 e. The van der Waals surface area contributed by atoms with E-state index in [1.165, 1.54) is 0 Å². The van der Waals surface area contributed by atoms with Crippen LogP contribution in [0.5, 0.6) is 5.75 Å². The Hall–Kier alpha value is -1.13. The number of rotatable bonds is 6. The molecule has 0 unspecified atom stereocenters. The van der Waals surface area contributed by atoms with E-state index in [-0.39, 0.29) is 0 Å². The zero-order valence-electron chi connectivity index (χ0n) is 11.5. The molecular weight excluding hydrogens is 214 g/mol. The van der Waals surface area contributed by atoms with Crippen molar-refractivity contribution in [1.82, 2.24) is 15.2 Å². The van der Waals surface area contributed by atoms with E-state index in [4.69, 9.17) is 4.74 Å². The first-order valence-electron chi connectivity index (χ1n) is 5.92. The molecule has 1 heterocycles. The van der Waals surface area contributed by atoms with Crippen molar-refractivity contribution in [2.45, 2.75) is 20.4 Å². The highest BCUT2D eigenvalue weighted by Gasteiger charge is 2.10. The lowest BCUT2D eigenvalue weighted by Crippen LogP contribution is -2.27. The second kappa shape index (κ2) is 6.57. The number of pyridine rings is 1. The zero-order valence-corrected chi connectivity index (χ0v) is 11.5. The van der Waals surface area contributed by atoms with Crippen LogP contribution in [0.4, 0.5) is 0 Å². The van der Waals surface area contributed by atoms with Gasteiger partial charge in [0.2, 0.25) is 0 Å². The van der Waals surface area contributed by atoms with Crippen LogP contribution in [0.15, 0.2) is 6.20 Å². The number of aromatic nitrogens is 1. The number of ether oxygens (including phenoxy) is 1. The van der Waals surface area contributed by atoms with Crippen molar-refractivity contribution in [3.63, 3.8) is 0 Å². The van der Waals surface area contributed by atoms with Crippen LogP contribution in [0, 0.1) is 13.8 Å². The predicted octanol–water partition coefficient (Wildman–Crippen LogP) is 1.36. The van der Waals surface area contributed by atoms with Gasteiger partial charge in [0.15, 0.2) is 0 Å². The topological polar surface area (TPSA) is 37.4 Å². The number of aryl methyl sites for hydroxylation is 1. The summed E-state index contributed by atoms with van der Waals surface area (Å²) < 4.78 is 5.41. The second-order valence-corrected chi connectivity index (χ2v) is 4.39. The summed E-state index contributed by atoms with van der Waals surface area (Å²) in [6, 6.07) is 0. The average molecular weight is 237 g/mol. The first-order valence-corrected chi connectivity index (χ1v) is 5.92. The smallest absolute Gasteiger partial charge is 0.128 e. The highest BCUT2D eigenvalue weighted by Crippen LogP contribution is 2.24. The molecule has 0 aromatic carbocycles. The van der Waals surface area contributed by atoms with E-state index in [1.54, 1.807) is 7.11 Å². The molecule has 0 fully saturated rings. The van der Waals surface area contributed by atoms with Gasteiger partial charge in [-0.25, -0.2) is 0 Å². The highest BCUT2D eigenvalue weighted by atomic mass is 16.5. The number of hydrogen-bond donors (Lipinski definition) is 1. The number of hydrogen-bond acceptors (Lipinski definition) is 4. The quantitative estimate of drug-likeness (QED) is 0.810. The minimum Gasteiger partial charge on any atom is -0.496 e. The van der Waals surface area contributed by atoms with E-state index in [2.05, 4.69) is 29.2 Å². The summed E-state index contributed by atoms with van der Waals surface area (Å²) in [5.41, 5.74) is 3.32. The van der Waals surface area contributed by atoms with E-state index in [0.717, 1.165) is 42.2 Å². The molecule has 4 nitrogen and oxygen atoms in total. The maximum absolute atomic E-state index is 5.41. The summed E-state index contributed by atoms with van der Waals surface area (Å²) in [6.45, 7) is 6.93. The van der Waals surface area contributed by atoms with E-state index < -0.39 is 0 Å². The zero-order chi connectivity index (χ0) is 12.8. The van der Waals surface area contributed by atoms with Crippen molar-refractivity contribution in [3.05, 3.63) is 23.0 Å². The SMILES string of the molecule is CNCCN(C)Cc1ncc(C)c(OC)c1C. The van der Waals surface area contributed by atoms with Crippen molar-refractivity contribution in [2.24, 2.45) is 0 Å². The van der Waals surface area contributed by atoms with E-state index >= 15 is 0 Å². The van der Waals surface area contributed by atoms with Gasteiger partial charge in [-0.2, -0.15) is 0 Å². The summed E-state index contributed by atoms with van der Waals surface area (Å²) in [5.74, 6) is 0.956. The first-order chi connectivity index (χ1) is 8.10. The van der Waals surface area contributed by atoms with Crippen LogP contribution in [0.3, 0.4) is 0 Å². The lowest BCUT2D eigenvalue weighted by molar-refractivity contribution is 0.321. The summed E-state index contributed by atoms with van der Waals surface area (Å²) in [4.78, 5) is 6.74. The number of nitrogens with one attached hydrogen (secondary N) is 1. The Morgan fingerprint density at radius 1 is 1.41 bits per heavy atom. The molecule has 0 atom stereocenters. The van der Waals surface area contributed by atoms with Gasteiger partial charge in [0.05, 0.1) is 12.8 Å². The standard InChI is InChI=1S/C13H23N3O/c1-10-8-15-12(11(2)13(10)17-5)9-16(4)7-6-14-3/h8,14H,6-7,9H2,1-5H3. The average Bonchev–Trinajstić information content (AvgIpc) is 2.31. The molecule has 4 heteroatoms. The van der Waals surface area contributed by atoms with E-state index in [9.17, 15) is 0 Å². The molecule has 17 heavy (non-hydrogen) atoms. The van der Waals surface area contributed by atoms with Crippen LogP contribution >= 0.6 is 0 Å². The van der Waals surface area contributed by atoms with Crippen LogP contribution in [0.1, 0.15) is 16.8 Å². The van der Waals surface area contributed by atoms with Gasteiger partial charge in [-0.1, -0.05) is 0 Å². The minimum atomic E-state index is 0.851. The van der Waals surface area contributed by atoms with Gasteiger partial charge in [0, 0.05) is 37.0 Å². The molecule has 0 bridgehead atoms. The molecule has 0 aliphatic carbocycles. The Bertz CT molecular complexity index is 366. The van der Waals surface area contributed by atoms with Crippen LogP contribution < -0.4 is 10.1 Å². The maximum atomic E-state index is 5.41. The molecule has 1 aromatic rings. The van der Waals surface area contributed by atoms with Crippen molar-refractivity contribution in [1.29, 1.82) is 0 Å². The fourth-order valence-electron chi connectivity index (χ4n) is 1.87. The third-order valence-electron chi connectivity index (χ3n) is 2.91. The summed E-state index contributed by atoms with van der Waals surface area (Å²) >= 11 is 0. The van der Waals surface area contributed by atoms with Gasteiger partial charge in [0.1, 0.15) is 5.75 Å². The van der Waals surface area contributed by atoms with E-state index in [0.29, 0.717) is 0 Å². The Balaban J connectivity index is 2.78. The lowest BCUT2D eigenvalue weighted by Gasteiger charge is -2.18. The van der Waals surface area contributed by atoms with Crippen LogP contribution in [-0.4, -0.2) is 44.2 Å².